The van der Waals surface area contributed by atoms with Gasteiger partial charge in [0.1, 0.15) is 5.82 Å². The molecule has 2 aliphatic rings. The van der Waals surface area contributed by atoms with Gasteiger partial charge in [-0.25, -0.2) is 4.98 Å². The SMILES string of the molecule is COCC1CCC(Nc2ncc(C(C)=O)c(NC3CCN(C(C)=O)CC3)n2)CC1. The number of piperidine rings is 1. The lowest BCUT2D eigenvalue weighted by Gasteiger charge is -2.32. The number of hydrogen-bond donors (Lipinski definition) is 2. The van der Waals surface area contributed by atoms with Crippen LogP contribution >= 0.6 is 0 Å². The van der Waals surface area contributed by atoms with E-state index >= 15 is 0 Å². The fourth-order valence-corrected chi connectivity index (χ4v) is 4.24. The van der Waals surface area contributed by atoms with Crippen molar-refractivity contribution in [2.75, 3.05) is 37.4 Å². The van der Waals surface area contributed by atoms with Crippen molar-refractivity contribution in [3.8, 4) is 0 Å². The topological polar surface area (TPSA) is 96.5 Å². The largest absolute Gasteiger partial charge is 0.384 e. The summed E-state index contributed by atoms with van der Waals surface area (Å²) in [4.78, 5) is 34.4. The summed E-state index contributed by atoms with van der Waals surface area (Å²) in [7, 11) is 1.76. The molecule has 0 unspecified atom stereocenters. The maximum Gasteiger partial charge on any atom is 0.224 e. The third kappa shape index (κ3) is 5.88. The van der Waals surface area contributed by atoms with Gasteiger partial charge in [-0.15, -0.1) is 0 Å². The van der Waals surface area contributed by atoms with Crippen LogP contribution in [0.15, 0.2) is 6.20 Å². The summed E-state index contributed by atoms with van der Waals surface area (Å²) in [6.07, 6.45) is 7.70. The van der Waals surface area contributed by atoms with Crippen LogP contribution in [0.25, 0.3) is 0 Å². The van der Waals surface area contributed by atoms with Crippen LogP contribution in [0.2, 0.25) is 0 Å². The maximum absolute atomic E-state index is 12.0. The third-order valence-electron chi connectivity index (χ3n) is 6.03. The van der Waals surface area contributed by atoms with E-state index in [1.807, 2.05) is 4.90 Å². The summed E-state index contributed by atoms with van der Waals surface area (Å²) in [6.45, 7) is 5.42. The van der Waals surface area contributed by atoms with E-state index in [4.69, 9.17) is 4.74 Å². The summed E-state index contributed by atoms with van der Waals surface area (Å²) in [5.41, 5.74) is 0.508. The van der Waals surface area contributed by atoms with Gasteiger partial charge >= 0.3 is 0 Å². The Morgan fingerprint density at radius 1 is 1.07 bits per heavy atom. The van der Waals surface area contributed by atoms with Crippen molar-refractivity contribution in [2.24, 2.45) is 5.92 Å². The first kappa shape index (κ1) is 21.5. The Kier molecular flexibility index (Phi) is 7.41. The van der Waals surface area contributed by atoms with E-state index < -0.39 is 0 Å². The molecule has 2 fully saturated rings. The fourth-order valence-electron chi connectivity index (χ4n) is 4.24. The maximum atomic E-state index is 12.0. The second kappa shape index (κ2) is 10.0. The first-order valence-corrected chi connectivity index (χ1v) is 10.6. The molecule has 0 aromatic carbocycles. The molecule has 1 aromatic rings. The van der Waals surface area contributed by atoms with E-state index in [1.54, 1.807) is 20.2 Å². The van der Waals surface area contributed by atoms with Gasteiger partial charge in [0, 0.05) is 52.0 Å². The Morgan fingerprint density at radius 2 is 1.72 bits per heavy atom. The molecule has 0 spiro atoms. The fraction of sp³-hybridized carbons (Fsp3) is 0.714. The van der Waals surface area contributed by atoms with E-state index in [2.05, 4.69) is 20.6 Å². The van der Waals surface area contributed by atoms with E-state index in [0.717, 1.165) is 58.2 Å². The number of likely N-dealkylation sites (tertiary alicyclic amines) is 1. The highest BCUT2D eigenvalue weighted by molar-refractivity contribution is 5.98. The summed E-state index contributed by atoms with van der Waals surface area (Å²) in [6, 6.07) is 0.536. The average molecular weight is 404 g/mol. The number of rotatable bonds is 7. The van der Waals surface area contributed by atoms with E-state index in [-0.39, 0.29) is 17.7 Å². The van der Waals surface area contributed by atoms with Crippen LogP contribution in [0.4, 0.5) is 11.8 Å². The highest BCUT2D eigenvalue weighted by Gasteiger charge is 2.24. The molecular weight excluding hydrogens is 370 g/mol. The lowest BCUT2D eigenvalue weighted by molar-refractivity contribution is -0.129. The van der Waals surface area contributed by atoms with Gasteiger partial charge < -0.3 is 20.3 Å². The summed E-state index contributed by atoms with van der Waals surface area (Å²) >= 11 is 0. The highest BCUT2D eigenvalue weighted by atomic mass is 16.5. The molecule has 160 valence electrons. The first-order chi connectivity index (χ1) is 14.0. The van der Waals surface area contributed by atoms with Crippen molar-refractivity contribution in [3.05, 3.63) is 11.8 Å². The number of hydrogen-bond acceptors (Lipinski definition) is 7. The zero-order chi connectivity index (χ0) is 20.8. The number of ether oxygens (including phenoxy) is 1. The molecule has 1 aromatic heterocycles. The zero-order valence-electron chi connectivity index (χ0n) is 17.7. The van der Waals surface area contributed by atoms with Crippen molar-refractivity contribution in [2.45, 2.75) is 64.5 Å². The Labute approximate surface area is 172 Å². The molecule has 8 nitrogen and oxygen atoms in total. The quantitative estimate of drug-likeness (QED) is 0.676. The number of amides is 1. The van der Waals surface area contributed by atoms with Crippen molar-refractivity contribution in [1.29, 1.82) is 0 Å². The second-order valence-corrected chi connectivity index (χ2v) is 8.25. The number of methoxy groups -OCH3 is 1. The molecule has 1 saturated carbocycles. The molecule has 0 atom stereocenters. The summed E-state index contributed by atoms with van der Waals surface area (Å²) in [5, 5.41) is 6.87. The van der Waals surface area contributed by atoms with Crippen LogP contribution < -0.4 is 10.6 Å². The minimum atomic E-state index is -0.0553. The number of aromatic nitrogens is 2. The highest BCUT2D eigenvalue weighted by Crippen LogP contribution is 2.27. The van der Waals surface area contributed by atoms with Gasteiger partial charge in [0.05, 0.1) is 5.56 Å². The smallest absolute Gasteiger partial charge is 0.224 e. The van der Waals surface area contributed by atoms with Crippen molar-refractivity contribution in [3.63, 3.8) is 0 Å². The van der Waals surface area contributed by atoms with Crippen molar-refractivity contribution in [1.82, 2.24) is 14.9 Å². The first-order valence-electron chi connectivity index (χ1n) is 10.6. The standard InChI is InChI=1S/C21H33N5O3/c1-14(27)19-12-22-21(24-17-6-4-16(5-7-17)13-29-3)25-20(19)23-18-8-10-26(11-9-18)15(2)28/h12,16-18H,4-11,13H2,1-3H3,(H2,22,23,24,25). The molecule has 1 saturated heterocycles. The number of Topliss-reactive ketones (excluding diaryl/α,β-unsaturated/α-hetero) is 1. The van der Waals surface area contributed by atoms with Crippen LogP contribution in [0.1, 0.15) is 62.7 Å². The predicted octanol–water partition coefficient (Wildman–Crippen LogP) is 2.72. The van der Waals surface area contributed by atoms with Crippen LogP contribution in [-0.2, 0) is 9.53 Å². The molecular formula is C21H33N5O3. The van der Waals surface area contributed by atoms with Crippen molar-refractivity contribution >= 4 is 23.5 Å². The lowest BCUT2D eigenvalue weighted by Crippen LogP contribution is -2.41. The lowest BCUT2D eigenvalue weighted by atomic mass is 9.86. The molecule has 3 rings (SSSR count). The van der Waals surface area contributed by atoms with E-state index in [9.17, 15) is 9.59 Å². The molecule has 2 N–H and O–H groups in total. The van der Waals surface area contributed by atoms with Crippen LogP contribution in [-0.4, -0.2) is 65.4 Å². The second-order valence-electron chi connectivity index (χ2n) is 8.25. The molecule has 1 amide bonds. The normalized spacial score (nSPS) is 22.9. The number of carbonyl (C=O) groups excluding carboxylic acids is 2. The third-order valence-corrected chi connectivity index (χ3v) is 6.03. The number of nitrogens with one attached hydrogen (secondary N) is 2. The van der Waals surface area contributed by atoms with Crippen LogP contribution in [0.3, 0.4) is 0 Å². The van der Waals surface area contributed by atoms with Gasteiger partial charge in [-0.1, -0.05) is 0 Å². The van der Waals surface area contributed by atoms with Crippen LogP contribution in [0.5, 0.6) is 0 Å². The Morgan fingerprint density at radius 3 is 2.31 bits per heavy atom. The molecule has 2 heterocycles. The molecule has 0 bridgehead atoms. The van der Waals surface area contributed by atoms with Crippen LogP contribution in [0, 0.1) is 5.92 Å². The minimum absolute atomic E-state index is 0.0553. The summed E-state index contributed by atoms with van der Waals surface area (Å²) < 4.78 is 5.27. The zero-order valence-corrected chi connectivity index (χ0v) is 17.7. The Bertz CT molecular complexity index is 710. The summed E-state index contributed by atoms with van der Waals surface area (Å²) in [5.74, 6) is 1.84. The van der Waals surface area contributed by atoms with Gasteiger partial charge in [0.2, 0.25) is 11.9 Å². The molecule has 29 heavy (non-hydrogen) atoms. The molecule has 1 aliphatic carbocycles. The molecule has 1 aliphatic heterocycles. The average Bonchev–Trinajstić information content (AvgIpc) is 2.70. The van der Waals surface area contributed by atoms with Crippen molar-refractivity contribution < 1.29 is 14.3 Å². The van der Waals surface area contributed by atoms with Gasteiger partial charge in [0.15, 0.2) is 5.78 Å². The van der Waals surface area contributed by atoms with Gasteiger partial charge in [-0.3, -0.25) is 9.59 Å². The van der Waals surface area contributed by atoms with Gasteiger partial charge in [-0.05, 0) is 51.4 Å². The molecule has 8 heteroatoms. The Hall–Kier alpha value is -2.22. The van der Waals surface area contributed by atoms with Gasteiger partial charge in [0.25, 0.3) is 0 Å². The number of anilines is 2. The van der Waals surface area contributed by atoms with Gasteiger partial charge in [-0.2, -0.15) is 4.98 Å². The monoisotopic (exact) mass is 403 g/mol. The number of nitrogens with zero attached hydrogens (tertiary/aromatic N) is 3. The molecule has 0 radical (unpaired) electrons. The van der Waals surface area contributed by atoms with E-state index in [1.165, 1.54) is 6.92 Å². The minimum Gasteiger partial charge on any atom is -0.384 e. The number of carbonyl (C=O) groups is 2. The predicted molar refractivity (Wildman–Crippen MR) is 112 cm³/mol. The Balaban J connectivity index is 1.62. The number of ketones is 1. The van der Waals surface area contributed by atoms with E-state index in [0.29, 0.717) is 29.3 Å².